The van der Waals surface area contributed by atoms with Gasteiger partial charge in [0.25, 0.3) is 0 Å². The van der Waals surface area contributed by atoms with E-state index < -0.39 is 22.7 Å². The lowest BCUT2D eigenvalue weighted by atomic mass is 9.98. The fourth-order valence-corrected chi connectivity index (χ4v) is 4.38. The van der Waals surface area contributed by atoms with Crippen molar-refractivity contribution < 1.29 is 21.6 Å². The van der Waals surface area contributed by atoms with Gasteiger partial charge >= 0.3 is 6.18 Å². The molecule has 2 N–H and O–H groups in total. The van der Waals surface area contributed by atoms with Crippen molar-refractivity contribution in [2.45, 2.75) is 38.4 Å². The van der Waals surface area contributed by atoms with E-state index in [-0.39, 0.29) is 30.0 Å². The first-order chi connectivity index (χ1) is 12.6. The molecule has 0 spiro atoms. The van der Waals surface area contributed by atoms with Crippen molar-refractivity contribution in [2.24, 2.45) is 10.9 Å². The van der Waals surface area contributed by atoms with Gasteiger partial charge in [0.15, 0.2) is 5.96 Å². The molecule has 0 aliphatic carbocycles. The molecule has 0 aromatic rings. The van der Waals surface area contributed by atoms with Crippen LogP contribution >= 0.6 is 24.0 Å². The van der Waals surface area contributed by atoms with E-state index in [1.165, 1.54) is 15.5 Å². The van der Waals surface area contributed by atoms with Crippen LogP contribution in [0.4, 0.5) is 13.2 Å². The minimum atomic E-state index is -4.17. The lowest BCUT2D eigenvalue weighted by Gasteiger charge is -2.29. The highest BCUT2D eigenvalue weighted by molar-refractivity contribution is 14.0. The van der Waals surface area contributed by atoms with Crippen molar-refractivity contribution >= 4 is 40.0 Å². The van der Waals surface area contributed by atoms with E-state index in [1.807, 2.05) is 6.92 Å². The van der Waals surface area contributed by atoms with Gasteiger partial charge in [0, 0.05) is 45.3 Å². The Hall–Kier alpha value is -0.340. The van der Waals surface area contributed by atoms with Gasteiger partial charge < -0.3 is 10.6 Å². The minimum absolute atomic E-state index is 0. The van der Waals surface area contributed by atoms with Gasteiger partial charge in [-0.3, -0.25) is 9.89 Å². The van der Waals surface area contributed by atoms with Crippen molar-refractivity contribution in [1.82, 2.24) is 19.8 Å². The van der Waals surface area contributed by atoms with Crippen molar-refractivity contribution in [1.29, 1.82) is 0 Å². The third kappa shape index (κ3) is 8.99. The number of alkyl halides is 3. The molecule has 0 radical (unpaired) electrons. The third-order valence-electron chi connectivity index (χ3n) is 4.91. The highest BCUT2D eigenvalue weighted by Gasteiger charge is 2.34. The summed E-state index contributed by atoms with van der Waals surface area (Å²) in [5, 5.41) is 6.37. The molecular weight excluding hydrogens is 510 g/mol. The molecule has 2 fully saturated rings. The predicted molar refractivity (Wildman–Crippen MR) is 115 cm³/mol. The number of nitrogens with zero attached hydrogens (tertiary/aromatic N) is 3. The Labute approximate surface area is 182 Å². The molecule has 166 valence electrons. The van der Waals surface area contributed by atoms with Gasteiger partial charge in [0.1, 0.15) is 0 Å². The van der Waals surface area contributed by atoms with Gasteiger partial charge in [-0.25, -0.2) is 12.7 Å². The van der Waals surface area contributed by atoms with Crippen molar-refractivity contribution in [3.05, 3.63) is 0 Å². The predicted octanol–water partition coefficient (Wildman–Crippen LogP) is 1.47. The zero-order valence-electron chi connectivity index (χ0n) is 16.3. The molecule has 1 atom stereocenters. The number of piperidine rings is 1. The van der Waals surface area contributed by atoms with E-state index in [2.05, 4.69) is 15.6 Å². The maximum absolute atomic E-state index is 12.5. The number of guanidine groups is 1. The van der Waals surface area contributed by atoms with E-state index in [4.69, 9.17) is 0 Å². The molecular formula is C16H31F3IN5O2S. The van der Waals surface area contributed by atoms with Crippen molar-refractivity contribution in [3.63, 3.8) is 0 Å². The molecule has 2 rings (SSSR count). The quantitative estimate of drug-likeness (QED) is 0.303. The molecule has 12 heteroatoms. The van der Waals surface area contributed by atoms with Gasteiger partial charge in [-0.1, -0.05) is 0 Å². The highest BCUT2D eigenvalue weighted by atomic mass is 127. The third-order valence-corrected chi connectivity index (χ3v) is 6.21. The molecule has 0 aromatic heterocycles. The molecule has 7 nitrogen and oxygen atoms in total. The fraction of sp³-hybridized carbons (Fsp3) is 0.938. The van der Waals surface area contributed by atoms with E-state index in [0.29, 0.717) is 57.6 Å². The lowest BCUT2D eigenvalue weighted by molar-refractivity contribution is -0.143. The summed E-state index contributed by atoms with van der Waals surface area (Å²) in [5.41, 5.74) is 0. The standard InChI is InChI=1S/C16H30F3N5O2S.HI/c1-3-20-15(22-14-6-7-23(11-14)12-16(17,18)19)21-10-13-4-8-24(9-5-13)27(2,25)26;/h13-14H,3-12H2,1-2H3,(H2,20,21,22);1H. The van der Waals surface area contributed by atoms with Gasteiger partial charge in [-0.05, 0) is 32.1 Å². The first-order valence-corrected chi connectivity index (χ1v) is 11.2. The summed E-state index contributed by atoms with van der Waals surface area (Å²) in [6, 6.07) is -0.0581. The van der Waals surface area contributed by atoms with Crippen LogP contribution < -0.4 is 10.6 Å². The average molecular weight is 541 g/mol. The highest BCUT2D eigenvalue weighted by Crippen LogP contribution is 2.21. The molecule has 0 amide bonds. The van der Waals surface area contributed by atoms with Crippen LogP contribution in [0.2, 0.25) is 0 Å². The Morgan fingerprint density at radius 1 is 1.18 bits per heavy atom. The van der Waals surface area contributed by atoms with Gasteiger partial charge in [-0.15, -0.1) is 24.0 Å². The van der Waals surface area contributed by atoms with E-state index in [1.54, 1.807) is 0 Å². The van der Waals surface area contributed by atoms with Crippen LogP contribution in [0.3, 0.4) is 0 Å². The Morgan fingerprint density at radius 3 is 2.36 bits per heavy atom. The summed E-state index contributed by atoms with van der Waals surface area (Å²) < 4.78 is 62.1. The molecule has 0 bridgehead atoms. The normalized spacial score (nSPS) is 23.5. The van der Waals surface area contributed by atoms with Crippen molar-refractivity contribution in [3.8, 4) is 0 Å². The zero-order chi connectivity index (χ0) is 20.1. The van der Waals surface area contributed by atoms with Crippen molar-refractivity contribution in [2.75, 3.05) is 52.1 Å². The smallest absolute Gasteiger partial charge is 0.357 e. The van der Waals surface area contributed by atoms with Crippen LogP contribution in [0.1, 0.15) is 26.2 Å². The van der Waals surface area contributed by atoms with Gasteiger partial charge in [-0.2, -0.15) is 13.2 Å². The maximum Gasteiger partial charge on any atom is 0.401 e. The molecule has 2 saturated heterocycles. The monoisotopic (exact) mass is 541 g/mol. The first-order valence-electron chi connectivity index (χ1n) is 9.36. The van der Waals surface area contributed by atoms with Gasteiger partial charge in [0.05, 0.1) is 12.8 Å². The second-order valence-corrected chi connectivity index (χ2v) is 9.29. The number of halogens is 4. The largest absolute Gasteiger partial charge is 0.401 e. The van der Waals surface area contributed by atoms with E-state index >= 15 is 0 Å². The summed E-state index contributed by atoms with van der Waals surface area (Å²) >= 11 is 0. The molecule has 1 unspecified atom stereocenters. The second kappa shape index (κ2) is 11.2. The minimum Gasteiger partial charge on any atom is -0.357 e. The van der Waals surface area contributed by atoms with Crippen LogP contribution in [0.25, 0.3) is 0 Å². The summed E-state index contributed by atoms with van der Waals surface area (Å²) in [6.45, 7) is 4.08. The van der Waals surface area contributed by atoms with Crippen LogP contribution in [0.15, 0.2) is 4.99 Å². The first kappa shape index (κ1) is 25.7. The van der Waals surface area contributed by atoms with Crippen LogP contribution in [0, 0.1) is 5.92 Å². The number of hydrogen-bond acceptors (Lipinski definition) is 4. The summed E-state index contributed by atoms with van der Waals surface area (Å²) in [7, 11) is -3.14. The molecule has 2 aliphatic rings. The average Bonchev–Trinajstić information content (AvgIpc) is 2.97. The number of aliphatic imine (C=N–C) groups is 1. The van der Waals surface area contributed by atoms with Gasteiger partial charge in [0.2, 0.25) is 10.0 Å². The Kier molecular flexibility index (Phi) is 10.2. The Balaban J connectivity index is 0.00000392. The summed E-state index contributed by atoms with van der Waals surface area (Å²) in [6.07, 6.45) is -0.776. The van der Waals surface area contributed by atoms with Crippen LogP contribution in [-0.4, -0.2) is 87.9 Å². The van der Waals surface area contributed by atoms with Crippen LogP contribution in [0.5, 0.6) is 0 Å². The van der Waals surface area contributed by atoms with E-state index in [9.17, 15) is 21.6 Å². The van der Waals surface area contributed by atoms with E-state index in [0.717, 1.165) is 12.8 Å². The number of sulfonamides is 1. The number of hydrogen-bond donors (Lipinski definition) is 2. The Bertz CT molecular complexity index is 610. The molecule has 28 heavy (non-hydrogen) atoms. The van der Waals surface area contributed by atoms with Crippen LogP contribution in [-0.2, 0) is 10.0 Å². The topological polar surface area (TPSA) is 77.0 Å². The molecule has 0 aromatic carbocycles. The number of nitrogens with one attached hydrogen (secondary N) is 2. The summed E-state index contributed by atoms with van der Waals surface area (Å²) in [5.74, 6) is 0.922. The summed E-state index contributed by atoms with van der Waals surface area (Å²) in [4.78, 5) is 5.98. The maximum atomic E-state index is 12.5. The number of likely N-dealkylation sites (tertiary alicyclic amines) is 1. The fourth-order valence-electron chi connectivity index (χ4n) is 3.50. The molecule has 2 heterocycles. The lowest BCUT2D eigenvalue weighted by Crippen LogP contribution is -2.45. The Morgan fingerprint density at radius 2 is 1.82 bits per heavy atom. The number of rotatable bonds is 6. The molecule has 2 aliphatic heterocycles. The SMILES string of the molecule is CCNC(=NCC1CCN(S(C)(=O)=O)CC1)NC1CCN(CC(F)(F)F)C1.I. The second-order valence-electron chi connectivity index (χ2n) is 7.31. The molecule has 0 saturated carbocycles. The zero-order valence-corrected chi connectivity index (χ0v) is 19.5.